The average Bonchev–Trinajstić information content (AvgIpc) is 2.65. The van der Waals surface area contributed by atoms with Crippen LogP contribution in [0.2, 0.25) is 0 Å². The number of hydrogen-bond acceptors (Lipinski definition) is 3. The van der Waals surface area contributed by atoms with Crippen LogP contribution in [0.25, 0.3) is 6.08 Å². The number of amides is 1. The van der Waals surface area contributed by atoms with Gasteiger partial charge in [0.15, 0.2) is 0 Å². The summed E-state index contributed by atoms with van der Waals surface area (Å²) in [6.45, 7) is 1.79. The first kappa shape index (κ1) is 20.4. The second-order valence-corrected chi connectivity index (χ2v) is 5.79. The van der Waals surface area contributed by atoms with Crippen LogP contribution in [-0.4, -0.2) is 20.1 Å². The molecule has 144 valence electrons. The number of alkyl halides is 3. The van der Waals surface area contributed by atoms with Crippen LogP contribution in [0.1, 0.15) is 29.7 Å². The number of rotatable bonds is 6. The van der Waals surface area contributed by atoms with E-state index in [1.165, 1.54) is 31.4 Å². The number of hydrogen-bond donors (Lipinski definition) is 1. The molecule has 1 amide bonds. The number of carbonyl (C=O) groups excluding carboxylic acids is 1. The van der Waals surface area contributed by atoms with E-state index in [4.69, 9.17) is 9.47 Å². The molecule has 1 unspecified atom stereocenters. The van der Waals surface area contributed by atoms with E-state index < -0.39 is 11.7 Å². The molecule has 27 heavy (non-hydrogen) atoms. The van der Waals surface area contributed by atoms with Crippen LogP contribution in [0.15, 0.2) is 48.5 Å². The van der Waals surface area contributed by atoms with Gasteiger partial charge in [-0.05, 0) is 48.9 Å². The first-order valence-corrected chi connectivity index (χ1v) is 8.12. The topological polar surface area (TPSA) is 47.6 Å². The van der Waals surface area contributed by atoms with E-state index in [0.717, 1.165) is 17.7 Å². The molecule has 1 N–H and O–H groups in total. The van der Waals surface area contributed by atoms with E-state index in [0.29, 0.717) is 17.1 Å². The largest absolute Gasteiger partial charge is 0.497 e. The first-order valence-electron chi connectivity index (χ1n) is 8.12. The maximum Gasteiger partial charge on any atom is 0.416 e. The van der Waals surface area contributed by atoms with Crippen LogP contribution < -0.4 is 14.8 Å². The van der Waals surface area contributed by atoms with Gasteiger partial charge < -0.3 is 14.8 Å². The molecule has 0 saturated heterocycles. The molecule has 0 aliphatic rings. The molecule has 0 radical (unpaired) electrons. The van der Waals surface area contributed by atoms with Crippen molar-refractivity contribution in [3.63, 3.8) is 0 Å². The van der Waals surface area contributed by atoms with Crippen LogP contribution in [0.3, 0.4) is 0 Å². The third-order valence-corrected chi connectivity index (χ3v) is 3.93. The Hall–Kier alpha value is -2.96. The molecule has 0 fully saturated rings. The van der Waals surface area contributed by atoms with E-state index in [9.17, 15) is 18.0 Å². The summed E-state index contributed by atoms with van der Waals surface area (Å²) in [5.74, 6) is 0.856. The van der Waals surface area contributed by atoms with Crippen LogP contribution in [0.4, 0.5) is 13.2 Å². The van der Waals surface area contributed by atoms with E-state index >= 15 is 0 Å². The van der Waals surface area contributed by atoms with Gasteiger partial charge in [-0.2, -0.15) is 13.2 Å². The van der Waals surface area contributed by atoms with Gasteiger partial charge in [0.1, 0.15) is 11.5 Å². The molecule has 4 nitrogen and oxygen atoms in total. The lowest BCUT2D eigenvalue weighted by Gasteiger charge is -2.17. The Morgan fingerprint density at radius 1 is 1.07 bits per heavy atom. The fourth-order valence-electron chi connectivity index (χ4n) is 2.47. The van der Waals surface area contributed by atoms with E-state index in [1.54, 1.807) is 32.2 Å². The van der Waals surface area contributed by atoms with Gasteiger partial charge in [0.2, 0.25) is 5.91 Å². The molecule has 0 heterocycles. The Bertz CT molecular complexity index is 814. The van der Waals surface area contributed by atoms with Crippen molar-refractivity contribution in [2.24, 2.45) is 0 Å². The van der Waals surface area contributed by atoms with Gasteiger partial charge in [-0.3, -0.25) is 4.79 Å². The van der Waals surface area contributed by atoms with Crippen molar-refractivity contribution in [1.82, 2.24) is 5.32 Å². The molecule has 0 aliphatic carbocycles. The minimum absolute atomic E-state index is 0.361. The fourth-order valence-corrected chi connectivity index (χ4v) is 2.47. The molecule has 0 bridgehead atoms. The maximum atomic E-state index is 12.6. The lowest BCUT2D eigenvalue weighted by atomic mass is 10.1. The lowest BCUT2D eigenvalue weighted by molar-refractivity contribution is -0.137. The first-order chi connectivity index (χ1) is 12.7. The predicted molar refractivity (Wildman–Crippen MR) is 96.6 cm³/mol. The third kappa shape index (κ3) is 5.51. The zero-order valence-electron chi connectivity index (χ0n) is 15.1. The van der Waals surface area contributed by atoms with Gasteiger partial charge in [-0.1, -0.05) is 12.1 Å². The van der Waals surface area contributed by atoms with Crippen molar-refractivity contribution in [3.8, 4) is 11.5 Å². The van der Waals surface area contributed by atoms with Crippen LogP contribution >= 0.6 is 0 Å². The number of halogens is 3. The molecule has 2 rings (SSSR count). The normalized spacial score (nSPS) is 12.7. The Morgan fingerprint density at radius 2 is 1.74 bits per heavy atom. The summed E-state index contributed by atoms with van der Waals surface area (Å²) in [5, 5.41) is 2.79. The summed E-state index contributed by atoms with van der Waals surface area (Å²) >= 11 is 0. The summed E-state index contributed by atoms with van der Waals surface area (Å²) < 4.78 is 48.1. The number of carbonyl (C=O) groups is 1. The summed E-state index contributed by atoms with van der Waals surface area (Å²) in [6.07, 6.45) is -1.67. The monoisotopic (exact) mass is 379 g/mol. The standard InChI is InChI=1S/C20H20F3NO3/c1-13(17-12-16(26-2)9-10-18(17)27-3)24-19(25)11-6-14-4-7-15(8-5-14)20(21,22)23/h4-13H,1-3H3,(H,24,25)/b11-6+. The molecule has 0 aromatic heterocycles. The number of methoxy groups -OCH3 is 2. The second kappa shape index (κ2) is 8.62. The number of ether oxygens (including phenoxy) is 2. The number of benzene rings is 2. The SMILES string of the molecule is COc1ccc(OC)c(C(C)NC(=O)/C=C/c2ccc(C(F)(F)F)cc2)c1. The highest BCUT2D eigenvalue weighted by molar-refractivity contribution is 5.92. The summed E-state index contributed by atoms with van der Waals surface area (Å²) in [5.41, 5.74) is 0.501. The van der Waals surface area contributed by atoms with Gasteiger partial charge in [-0.15, -0.1) is 0 Å². The van der Waals surface area contributed by atoms with Gasteiger partial charge in [0.05, 0.1) is 25.8 Å². The highest BCUT2D eigenvalue weighted by Crippen LogP contribution is 2.30. The smallest absolute Gasteiger partial charge is 0.416 e. The van der Waals surface area contributed by atoms with Crippen LogP contribution in [0, 0.1) is 0 Å². The molecule has 2 aromatic carbocycles. The zero-order valence-corrected chi connectivity index (χ0v) is 15.1. The fraction of sp³-hybridized carbons (Fsp3) is 0.250. The summed E-state index contributed by atoms with van der Waals surface area (Å²) in [4.78, 5) is 12.1. The Morgan fingerprint density at radius 3 is 2.30 bits per heavy atom. The Balaban J connectivity index is 2.06. The van der Waals surface area contributed by atoms with E-state index in [1.807, 2.05) is 0 Å². The summed E-state index contributed by atoms with van der Waals surface area (Å²) in [7, 11) is 3.08. The molecular weight excluding hydrogens is 359 g/mol. The highest BCUT2D eigenvalue weighted by atomic mass is 19.4. The average molecular weight is 379 g/mol. The zero-order chi connectivity index (χ0) is 20.0. The minimum atomic E-state index is -4.38. The van der Waals surface area contributed by atoms with Crippen molar-refractivity contribution in [1.29, 1.82) is 0 Å². The van der Waals surface area contributed by atoms with E-state index in [-0.39, 0.29) is 11.9 Å². The van der Waals surface area contributed by atoms with E-state index in [2.05, 4.69) is 5.32 Å². The molecule has 7 heteroatoms. The molecule has 0 spiro atoms. The van der Waals surface area contributed by atoms with Gasteiger partial charge in [0.25, 0.3) is 0 Å². The quantitative estimate of drug-likeness (QED) is 0.746. The number of nitrogens with one attached hydrogen (secondary N) is 1. The maximum absolute atomic E-state index is 12.6. The minimum Gasteiger partial charge on any atom is -0.497 e. The molecule has 0 saturated carbocycles. The Kier molecular flexibility index (Phi) is 6.50. The van der Waals surface area contributed by atoms with Gasteiger partial charge >= 0.3 is 6.18 Å². The van der Waals surface area contributed by atoms with Crippen molar-refractivity contribution >= 4 is 12.0 Å². The molecular formula is C20H20F3NO3. The molecule has 1 atom stereocenters. The van der Waals surface area contributed by atoms with Crippen LogP contribution in [0.5, 0.6) is 11.5 Å². The van der Waals surface area contributed by atoms with Crippen molar-refractivity contribution in [2.45, 2.75) is 19.1 Å². The third-order valence-electron chi connectivity index (χ3n) is 3.93. The molecule has 2 aromatic rings. The van der Waals surface area contributed by atoms with Gasteiger partial charge in [0, 0.05) is 11.6 Å². The van der Waals surface area contributed by atoms with Gasteiger partial charge in [-0.25, -0.2) is 0 Å². The van der Waals surface area contributed by atoms with Crippen molar-refractivity contribution in [3.05, 3.63) is 65.2 Å². The Labute approximate surface area is 155 Å². The van der Waals surface area contributed by atoms with Crippen LogP contribution in [-0.2, 0) is 11.0 Å². The van der Waals surface area contributed by atoms with Crippen molar-refractivity contribution in [2.75, 3.05) is 14.2 Å². The highest BCUT2D eigenvalue weighted by Gasteiger charge is 2.29. The summed E-state index contributed by atoms with van der Waals surface area (Å²) in [6, 6.07) is 9.46. The van der Waals surface area contributed by atoms with Crippen molar-refractivity contribution < 1.29 is 27.4 Å². The second-order valence-electron chi connectivity index (χ2n) is 5.79. The molecule has 0 aliphatic heterocycles. The predicted octanol–water partition coefficient (Wildman–Crippen LogP) is 4.61. The lowest BCUT2D eigenvalue weighted by Crippen LogP contribution is -2.25.